The smallest absolute Gasteiger partial charge is 0.410 e. The summed E-state index contributed by atoms with van der Waals surface area (Å²) in [5.41, 5.74) is -0.202. The van der Waals surface area contributed by atoms with E-state index in [-0.39, 0.29) is 11.4 Å². The van der Waals surface area contributed by atoms with Gasteiger partial charge >= 0.3 is 6.09 Å². The summed E-state index contributed by atoms with van der Waals surface area (Å²) < 4.78 is 30.5. The Kier molecular flexibility index (Phi) is 4.66. The van der Waals surface area contributed by atoms with Gasteiger partial charge in [-0.05, 0) is 51.5 Å². The van der Waals surface area contributed by atoms with Crippen LogP contribution in [-0.2, 0) is 14.6 Å². The molecule has 0 unspecified atom stereocenters. The van der Waals surface area contributed by atoms with Crippen molar-refractivity contribution in [2.45, 2.75) is 42.9 Å². The van der Waals surface area contributed by atoms with Gasteiger partial charge in [0.25, 0.3) is 0 Å². The largest absolute Gasteiger partial charge is 0.444 e. The Morgan fingerprint density at radius 2 is 1.91 bits per heavy atom. The number of nitrogens with zero attached hydrogens (tertiary/aromatic N) is 2. The van der Waals surface area contributed by atoms with Crippen LogP contribution in [0, 0.1) is 11.3 Å². The fourth-order valence-corrected chi connectivity index (χ4v) is 4.08. The number of hydrogen-bond donors (Lipinski definition) is 0. The van der Waals surface area contributed by atoms with E-state index in [0.29, 0.717) is 18.5 Å². The Morgan fingerprint density at radius 1 is 1.30 bits per heavy atom. The third-order valence-corrected chi connectivity index (χ3v) is 5.74. The highest BCUT2D eigenvalue weighted by Gasteiger charge is 2.37. The molecule has 1 aliphatic heterocycles. The van der Waals surface area contributed by atoms with Crippen molar-refractivity contribution in [2.24, 2.45) is 0 Å². The third-order valence-electron chi connectivity index (χ3n) is 3.55. The van der Waals surface area contributed by atoms with Gasteiger partial charge in [0.2, 0.25) is 0 Å². The molecule has 124 valence electrons. The Morgan fingerprint density at radius 3 is 2.43 bits per heavy atom. The molecule has 1 amide bonds. The number of sulfone groups is 1. The highest BCUT2D eigenvalue weighted by atomic mass is 32.2. The molecule has 2 rings (SSSR count). The molecule has 1 heterocycles. The molecule has 1 atom stereocenters. The minimum absolute atomic E-state index is 0.122. The highest BCUT2D eigenvalue weighted by molar-refractivity contribution is 7.92. The Balaban J connectivity index is 2.11. The summed E-state index contributed by atoms with van der Waals surface area (Å²) >= 11 is 0. The lowest BCUT2D eigenvalue weighted by atomic mass is 10.2. The predicted molar refractivity (Wildman–Crippen MR) is 84.6 cm³/mol. The molecule has 0 N–H and O–H groups in total. The van der Waals surface area contributed by atoms with E-state index in [1.54, 1.807) is 20.8 Å². The molecule has 0 aliphatic carbocycles. The molecular formula is C16H20N2O4S. The van der Waals surface area contributed by atoms with Gasteiger partial charge in [-0.1, -0.05) is 0 Å². The number of carbonyl (C=O) groups is 1. The Bertz CT molecular complexity index is 727. The molecule has 0 spiro atoms. The summed E-state index contributed by atoms with van der Waals surface area (Å²) in [4.78, 5) is 13.6. The van der Waals surface area contributed by atoms with Crippen LogP contribution < -0.4 is 0 Å². The SMILES string of the molecule is CC(C)(C)OC(=O)N1CC[C@@H](S(=O)(=O)c2ccc(C#N)cc2)C1. The standard InChI is InChI=1S/C16H20N2O4S/c1-16(2,3)22-15(19)18-9-8-14(11-18)23(20,21)13-6-4-12(10-17)5-7-13/h4-7,14H,8-9,11H2,1-3H3/t14-/m1/s1. The molecule has 1 saturated heterocycles. The number of hydrogen-bond acceptors (Lipinski definition) is 5. The summed E-state index contributed by atoms with van der Waals surface area (Å²) in [6.45, 7) is 5.79. The number of amides is 1. The van der Waals surface area contributed by atoms with Crippen molar-refractivity contribution in [2.75, 3.05) is 13.1 Å². The number of ether oxygens (including phenoxy) is 1. The quantitative estimate of drug-likeness (QED) is 0.827. The first-order valence-electron chi connectivity index (χ1n) is 7.35. The maximum Gasteiger partial charge on any atom is 0.410 e. The van der Waals surface area contributed by atoms with Gasteiger partial charge in [0.1, 0.15) is 5.60 Å². The third kappa shape index (κ3) is 4.02. The average Bonchev–Trinajstić information content (AvgIpc) is 2.96. The van der Waals surface area contributed by atoms with Crippen molar-refractivity contribution in [3.05, 3.63) is 29.8 Å². The van der Waals surface area contributed by atoms with Crippen molar-refractivity contribution >= 4 is 15.9 Å². The highest BCUT2D eigenvalue weighted by Crippen LogP contribution is 2.25. The number of carbonyl (C=O) groups excluding carboxylic acids is 1. The maximum absolute atomic E-state index is 12.6. The van der Waals surface area contributed by atoms with E-state index in [9.17, 15) is 13.2 Å². The zero-order valence-electron chi connectivity index (χ0n) is 13.4. The monoisotopic (exact) mass is 336 g/mol. The van der Waals surface area contributed by atoms with E-state index >= 15 is 0 Å². The van der Waals surface area contributed by atoms with E-state index in [4.69, 9.17) is 10.00 Å². The number of likely N-dealkylation sites (tertiary alicyclic amines) is 1. The van der Waals surface area contributed by atoms with Crippen LogP contribution in [0.15, 0.2) is 29.2 Å². The van der Waals surface area contributed by atoms with E-state index in [1.807, 2.05) is 6.07 Å². The van der Waals surface area contributed by atoms with E-state index in [1.165, 1.54) is 29.2 Å². The molecule has 0 aromatic heterocycles. The molecule has 0 radical (unpaired) electrons. The lowest BCUT2D eigenvalue weighted by Crippen LogP contribution is -2.36. The molecule has 1 aromatic carbocycles. The lowest BCUT2D eigenvalue weighted by Gasteiger charge is -2.24. The Hall–Kier alpha value is -2.07. The minimum atomic E-state index is -3.53. The topological polar surface area (TPSA) is 87.5 Å². The fourth-order valence-electron chi connectivity index (χ4n) is 2.39. The number of nitriles is 1. The molecule has 0 saturated carbocycles. The van der Waals surface area contributed by atoms with Crippen molar-refractivity contribution in [1.29, 1.82) is 5.26 Å². The summed E-state index contributed by atoms with van der Waals surface area (Å²) in [5.74, 6) is 0. The van der Waals surface area contributed by atoms with Crippen LogP contribution in [0.3, 0.4) is 0 Å². The first-order chi connectivity index (χ1) is 10.6. The molecule has 0 bridgehead atoms. The van der Waals surface area contributed by atoms with Crippen molar-refractivity contribution in [3.63, 3.8) is 0 Å². The van der Waals surface area contributed by atoms with Crippen LogP contribution in [0.5, 0.6) is 0 Å². The molecule has 1 fully saturated rings. The second-order valence-corrected chi connectivity index (χ2v) is 8.75. The molecule has 1 aliphatic rings. The van der Waals surface area contributed by atoms with E-state index < -0.39 is 26.8 Å². The molecule has 1 aromatic rings. The average molecular weight is 336 g/mol. The zero-order chi connectivity index (χ0) is 17.3. The van der Waals surface area contributed by atoms with Gasteiger partial charge in [0.05, 0.1) is 21.8 Å². The van der Waals surface area contributed by atoms with Gasteiger partial charge in [-0.25, -0.2) is 13.2 Å². The number of rotatable bonds is 2. The van der Waals surface area contributed by atoms with Gasteiger partial charge in [0, 0.05) is 13.1 Å². The lowest BCUT2D eigenvalue weighted by molar-refractivity contribution is 0.0295. The minimum Gasteiger partial charge on any atom is -0.444 e. The first kappa shape index (κ1) is 17.3. The normalized spacial score (nSPS) is 18.5. The molecule has 23 heavy (non-hydrogen) atoms. The van der Waals surface area contributed by atoms with Gasteiger partial charge in [-0.15, -0.1) is 0 Å². The van der Waals surface area contributed by atoms with Gasteiger partial charge in [-0.2, -0.15) is 5.26 Å². The van der Waals surface area contributed by atoms with Gasteiger partial charge in [-0.3, -0.25) is 0 Å². The summed E-state index contributed by atoms with van der Waals surface area (Å²) in [6, 6.07) is 7.78. The Labute approximate surface area is 136 Å². The van der Waals surface area contributed by atoms with E-state index in [2.05, 4.69) is 0 Å². The molecular weight excluding hydrogens is 316 g/mol. The van der Waals surface area contributed by atoms with Crippen LogP contribution >= 0.6 is 0 Å². The first-order valence-corrected chi connectivity index (χ1v) is 8.90. The van der Waals surface area contributed by atoms with E-state index in [0.717, 1.165) is 0 Å². The van der Waals surface area contributed by atoms with Crippen LogP contribution in [0.2, 0.25) is 0 Å². The second kappa shape index (κ2) is 6.20. The van der Waals surface area contributed by atoms with Crippen LogP contribution in [-0.4, -0.2) is 43.4 Å². The zero-order valence-corrected chi connectivity index (χ0v) is 14.3. The van der Waals surface area contributed by atoms with Crippen LogP contribution in [0.4, 0.5) is 4.79 Å². The summed E-state index contributed by atoms with van der Waals surface area (Å²) in [5, 5.41) is 8.12. The van der Waals surface area contributed by atoms with Gasteiger partial charge < -0.3 is 9.64 Å². The van der Waals surface area contributed by atoms with Crippen LogP contribution in [0.1, 0.15) is 32.8 Å². The fraction of sp³-hybridized carbons (Fsp3) is 0.500. The second-order valence-electron chi connectivity index (χ2n) is 6.52. The number of benzene rings is 1. The van der Waals surface area contributed by atoms with Crippen molar-refractivity contribution in [1.82, 2.24) is 4.90 Å². The summed E-state index contributed by atoms with van der Waals surface area (Å²) in [7, 11) is -3.53. The van der Waals surface area contributed by atoms with Crippen molar-refractivity contribution < 1.29 is 17.9 Å². The maximum atomic E-state index is 12.6. The molecule has 7 heteroatoms. The van der Waals surface area contributed by atoms with Crippen LogP contribution in [0.25, 0.3) is 0 Å². The van der Waals surface area contributed by atoms with Gasteiger partial charge in [0.15, 0.2) is 9.84 Å². The van der Waals surface area contributed by atoms with Crippen molar-refractivity contribution in [3.8, 4) is 6.07 Å². The molecule has 6 nitrogen and oxygen atoms in total. The summed E-state index contributed by atoms with van der Waals surface area (Å²) in [6.07, 6.45) is -0.114. The predicted octanol–water partition coefficient (Wildman–Crippen LogP) is 2.34.